The molecule has 4 nitrogen and oxygen atoms in total. The van der Waals surface area contributed by atoms with E-state index in [1.807, 2.05) is 24.8 Å². The number of hydrogen-bond acceptors (Lipinski definition) is 5. The van der Waals surface area contributed by atoms with Crippen LogP contribution >= 0.6 is 11.8 Å². The van der Waals surface area contributed by atoms with Crippen LogP contribution in [0.5, 0.6) is 0 Å². The average molecular weight is 280 g/mol. The van der Waals surface area contributed by atoms with Gasteiger partial charge >= 0.3 is 0 Å². The Morgan fingerprint density at radius 2 is 2.21 bits per heavy atom. The zero-order valence-corrected chi connectivity index (χ0v) is 12.9. The lowest BCUT2D eigenvalue weighted by molar-refractivity contribution is 0.472. The molecule has 0 amide bonds. The van der Waals surface area contributed by atoms with Crippen LogP contribution in [0.2, 0.25) is 0 Å². The van der Waals surface area contributed by atoms with Gasteiger partial charge in [0.05, 0.1) is 0 Å². The van der Waals surface area contributed by atoms with Crippen molar-refractivity contribution in [2.45, 2.75) is 50.8 Å². The Labute approximate surface area is 120 Å². The van der Waals surface area contributed by atoms with Gasteiger partial charge in [0.1, 0.15) is 5.82 Å². The fourth-order valence-corrected chi connectivity index (χ4v) is 3.41. The summed E-state index contributed by atoms with van der Waals surface area (Å²) >= 11 is 1.99. The maximum Gasteiger partial charge on any atom is 0.224 e. The van der Waals surface area contributed by atoms with Crippen LogP contribution in [0.15, 0.2) is 6.07 Å². The molecule has 5 heteroatoms. The van der Waals surface area contributed by atoms with Crippen LogP contribution in [0.3, 0.4) is 0 Å². The molecule has 1 saturated carbocycles. The molecule has 1 heterocycles. The van der Waals surface area contributed by atoms with E-state index in [4.69, 9.17) is 0 Å². The van der Waals surface area contributed by atoms with Crippen molar-refractivity contribution in [3.05, 3.63) is 11.8 Å². The van der Waals surface area contributed by atoms with Gasteiger partial charge in [0.2, 0.25) is 5.95 Å². The molecular weight excluding hydrogens is 256 g/mol. The van der Waals surface area contributed by atoms with Crippen LogP contribution in [-0.4, -0.2) is 34.1 Å². The molecule has 1 fully saturated rings. The van der Waals surface area contributed by atoms with Crippen molar-refractivity contribution in [2.24, 2.45) is 0 Å². The lowest BCUT2D eigenvalue weighted by Crippen LogP contribution is -2.29. The normalized spacial score (nSPS) is 23.1. The van der Waals surface area contributed by atoms with E-state index >= 15 is 0 Å². The first-order chi connectivity index (χ1) is 9.21. The highest BCUT2D eigenvalue weighted by Gasteiger charge is 2.21. The van der Waals surface area contributed by atoms with E-state index in [0.717, 1.165) is 29.3 Å². The van der Waals surface area contributed by atoms with Gasteiger partial charge in [-0.15, -0.1) is 0 Å². The standard InChI is InChI=1S/C14H24N4S/c1-4-15-14-16-10(2)8-13(18-14)17-11-6-5-7-12(9-11)19-3/h8,11-12H,4-7,9H2,1-3H3,(H2,15,16,17,18). The molecule has 2 N–H and O–H groups in total. The fourth-order valence-electron chi connectivity index (χ4n) is 2.58. The number of thioether (sulfide) groups is 1. The van der Waals surface area contributed by atoms with Crippen LogP contribution < -0.4 is 10.6 Å². The van der Waals surface area contributed by atoms with E-state index in [1.165, 1.54) is 25.7 Å². The van der Waals surface area contributed by atoms with Gasteiger partial charge in [0.15, 0.2) is 0 Å². The maximum atomic E-state index is 4.53. The predicted octanol–water partition coefficient (Wildman–Crippen LogP) is 3.30. The van der Waals surface area contributed by atoms with Gasteiger partial charge < -0.3 is 10.6 Å². The van der Waals surface area contributed by atoms with E-state index in [1.54, 1.807) is 0 Å². The molecule has 1 aliphatic rings. The van der Waals surface area contributed by atoms with Crippen molar-refractivity contribution in [1.82, 2.24) is 9.97 Å². The van der Waals surface area contributed by atoms with Crippen LogP contribution in [0.4, 0.5) is 11.8 Å². The van der Waals surface area contributed by atoms with Crippen molar-refractivity contribution in [1.29, 1.82) is 0 Å². The molecule has 1 aliphatic carbocycles. The molecule has 0 aliphatic heterocycles. The highest BCUT2D eigenvalue weighted by molar-refractivity contribution is 7.99. The molecule has 19 heavy (non-hydrogen) atoms. The van der Waals surface area contributed by atoms with Gasteiger partial charge in [0.25, 0.3) is 0 Å². The third-order valence-electron chi connectivity index (χ3n) is 3.50. The van der Waals surface area contributed by atoms with E-state index in [9.17, 15) is 0 Å². The zero-order chi connectivity index (χ0) is 13.7. The minimum absolute atomic E-state index is 0.551. The highest BCUT2D eigenvalue weighted by Crippen LogP contribution is 2.28. The second-order valence-electron chi connectivity index (χ2n) is 5.11. The summed E-state index contributed by atoms with van der Waals surface area (Å²) in [6.07, 6.45) is 7.36. The molecule has 2 rings (SSSR count). The predicted molar refractivity (Wildman–Crippen MR) is 84.1 cm³/mol. The molecule has 1 aromatic heterocycles. The second kappa shape index (κ2) is 6.98. The third kappa shape index (κ3) is 4.27. The molecule has 2 atom stereocenters. The monoisotopic (exact) mass is 280 g/mol. The minimum Gasteiger partial charge on any atom is -0.367 e. The summed E-state index contributed by atoms with van der Waals surface area (Å²) in [5, 5.41) is 7.55. The van der Waals surface area contributed by atoms with E-state index < -0.39 is 0 Å². The average Bonchev–Trinajstić information content (AvgIpc) is 2.38. The molecule has 0 saturated heterocycles. The van der Waals surface area contributed by atoms with Crippen molar-refractivity contribution in [3.8, 4) is 0 Å². The Kier molecular flexibility index (Phi) is 5.31. The first-order valence-corrected chi connectivity index (χ1v) is 8.39. The van der Waals surface area contributed by atoms with Crippen LogP contribution in [-0.2, 0) is 0 Å². The Morgan fingerprint density at radius 3 is 2.95 bits per heavy atom. The summed E-state index contributed by atoms with van der Waals surface area (Å²) < 4.78 is 0. The van der Waals surface area contributed by atoms with Crippen LogP contribution in [0.1, 0.15) is 38.3 Å². The first kappa shape index (κ1) is 14.4. The summed E-state index contributed by atoms with van der Waals surface area (Å²) in [6.45, 7) is 4.92. The number of anilines is 2. The van der Waals surface area contributed by atoms with Gasteiger partial charge in [-0.05, 0) is 39.4 Å². The fraction of sp³-hybridized carbons (Fsp3) is 0.714. The van der Waals surface area contributed by atoms with Gasteiger partial charge in [-0.1, -0.05) is 6.42 Å². The Bertz CT molecular complexity index is 410. The Morgan fingerprint density at radius 1 is 1.37 bits per heavy atom. The van der Waals surface area contributed by atoms with E-state index in [2.05, 4.69) is 33.8 Å². The molecular formula is C14H24N4S. The number of nitrogens with one attached hydrogen (secondary N) is 2. The topological polar surface area (TPSA) is 49.8 Å². The molecule has 0 bridgehead atoms. The summed E-state index contributed by atoms with van der Waals surface area (Å²) in [5.41, 5.74) is 1.01. The number of hydrogen-bond donors (Lipinski definition) is 2. The van der Waals surface area contributed by atoms with Crippen molar-refractivity contribution in [2.75, 3.05) is 23.4 Å². The van der Waals surface area contributed by atoms with Gasteiger partial charge in [-0.25, -0.2) is 4.98 Å². The van der Waals surface area contributed by atoms with Gasteiger partial charge in [-0.3, -0.25) is 0 Å². The first-order valence-electron chi connectivity index (χ1n) is 7.10. The van der Waals surface area contributed by atoms with Gasteiger partial charge in [0, 0.05) is 29.6 Å². The summed E-state index contributed by atoms with van der Waals surface area (Å²) in [6, 6.07) is 2.58. The lowest BCUT2D eigenvalue weighted by Gasteiger charge is -2.29. The number of rotatable bonds is 5. The van der Waals surface area contributed by atoms with E-state index in [-0.39, 0.29) is 0 Å². The van der Waals surface area contributed by atoms with Crippen molar-refractivity contribution >= 4 is 23.5 Å². The smallest absolute Gasteiger partial charge is 0.224 e. The third-order valence-corrected chi connectivity index (χ3v) is 4.60. The largest absolute Gasteiger partial charge is 0.367 e. The number of aryl methyl sites for hydroxylation is 1. The maximum absolute atomic E-state index is 4.53. The quantitative estimate of drug-likeness (QED) is 0.866. The van der Waals surface area contributed by atoms with Gasteiger partial charge in [-0.2, -0.15) is 16.7 Å². The number of nitrogens with zero attached hydrogens (tertiary/aromatic N) is 2. The Balaban J connectivity index is 2.01. The SMILES string of the molecule is CCNc1nc(C)cc(NC2CCCC(SC)C2)n1. The minimum atomic E-state index is 0.551. The molecule has 2 unspecified atom stereocenters. The van der Waals surface area contributed by atoms with Crippen LogP contribution in [0.25, 0.3) is 0 Å². The molecule has 0 aromatic carbocycles. The lowest BCUT2D eigenvalue weighted by atomic mass is 9.95. The zero-order valence-electron chi connectivity index (χ0n) is 12.1. The Hall–Kier alpha value is -0.970. The van der Waals surface area contributed by atoms with Crippen LogP contribution in [0, 0.1) is 6.92 Å². The summed E-state index contributed by atoms with van der Waals surface area (Å²) in [7, 11) is 0. The molecule has 0 spiro atoms. The van der Waals surface area contributed by atoms with E-state index in [0.29, 0.717) is 6.04 Å². The second-order valence-corrected chi connectivity index (χ2v) is 6.25. The molecule has 0 radical (unpaired) electrons. The number of aromatic nitrogens is 2. The molecule has 1 aromatic rings. The highest BCUT2D eigenvalue weighted by atomic mass is 32.2. The van der Waals surface area contributed by atoms with Crippen molar-refractivity contribution in [3.63, 3.8) is 0 Å². The summed E-state index contributed by atoms with van der Waals surface area (Å²) in [5.74, 6) is 1.68. The van der Waals surface area contributed by atoms with Crippen molar-refractivity contribution < 1.29 is 0 Å². The molecule has 106 valence electrons. The summed E-state index contributed by atoms with van der Waals surface area (Å²) in [4.78, 5) is 8.91.